The molecule has 0 saturated heterocycles. The summed E-state index contributed by atoms with van der Waals surface area (Å²) in [6, 6.07) is 8.03. The normalized spacial score (nSPS) is 10.8. The van der Waals surface area contributed by atoms with Crippen molar-refractivity contribution in [1.82, 2.24) is 10.6 Å². The SMILES string of the molecule is CCOCCCNC(=NC)NCc1ccccc1OCC.I. The van der Waals surface area contributed by atoms with Gasteiger partial charge in [-0.2, -0.15) is 0 Å². The number of nitrogens with one attached hydrogen (secondary N) is 2. The summed E-state index contributed by atoms with van der Waals surface area (Å²) in [6.07, 6.45) is 0.962. The minimum atomic E-state index is 0. The Balaban J connectivity index is 0.00000441. The van der Waals surface area contributed by atoms with E-state index < -0.39 is 0 Å². The smallest absolute Gasteiger partial charge is 0.191 e. The number of guanidine groups is 1. The summed E-state index contributed by atoms with van der Waals surface area (Å²) in [4.78, 5) is 4.21. The molecule has 126 valence electrons. The average Bonchev–Trinajstić information content (AvgIpc) is 2.51. The molecule has 0 aliphatic carbocycles. The fourth-order valence-electron chi connectivity index (χ4n) is 1.87. The first kappa shape index (κ1) is 21.0. The fourth-order valence-corrected chi connectivity index (χ4v) is 1.87. The van der Waals surface area contributed by atoms with Gasteiger partial charge in [0.25, 0.3) is 0 Å². The number of aliphatic imine (C=N–C) groups is 1. The lowest BCUT2D eigenvalue weighted by Crippen LogP contribution is -2.37. The van der Waals surface area contributed by atoms with Crippen molar-refractivity contribution in [2.45, 2.75) is 26.8 Å². The van der Waals surface area contributed by atoms with Crippen molar-refractivity contribution in [2.24, 2.45) is 4.99 Å². The Kier molecular flexibility index (Phi) is 13.0. The number of benzene rings is 1. The molecule has 0 saturated carbocycles. The highest BCUT2D eigenvalue weighted by Gasteiger charge is 2.03. The van der Waals surface area contributed by atoms with Gasteiger partial charge in [0.1, 0.15) is 5.75 Å². The third kappa shape index (κ3) is 8.43. The van der Waals surface area contributed by atoms with E-state index in [9.17, 15) is 0 Å². The van der Waals surface area contributed by atoms with Crippen LogP contribution in [0.5, 0.6) is 5.75 Å². The Labute approximate surface area is 150 Å². The summed E-state index contributed by atoms with van der Waals surface area (Å²) in [7, 11) is 1.77. The molecule has 5 nitrogen and oxygen atoms in total. The van der Waals surface area contributed by atoms with Crippen molar-refractivity contribution < 1.29 is 9.47 Å². The van der Waals surface area contributed by atoms with Gasteiger partial charge in [0.05, 0.1) is 6.61 Å². The molecular weight excluding hydrogens is 393 g/mol. The Morgan fingerprint density at radius 3 is 2.59 bits per heavy atom. The van der Waals surface area contributed by atoms with Crippen LogP contribution in [0, 0.1) is 0 Å². The molecule has 2 N–H and O–H groups in total. The summed E-state index contributed by atoms with van der Waals surface area (Å²) in [6.45, 7) is 7.72. The van der Waals surface area contributed by atoms with Crippen molar-refractivity contribution in [3.8, 4) is 5.75 Å². The van der Waals surface area contributed by atoms with Gasteiger partial charge in [-0.05, 0) is 26.3 Å². The van der Waals surface area contributed by atoms with Gasteiger partial charge in [-0.15, -0.1) is 24.0 Å². The molecule has 0 heterocycles. The zero-order chi connectivity index (χ0) is 15.3. The summed E-state index contributed by atoms with van der Waals surface area (Å²) in [5, 5.41) is 6.56. The van der Waals surface area contributed by atoms with Gasteiger partial charge in [-0.1, -0.05) is 18.2 Å². The molecule has 0 radical (unpaired) electrons. The molecule has 6 heteroatoms. The quantitative estimate of drug-likeness (QED) is 0.279. The minimum absolute atomic E-state index is 0. The predicted octanol–water partition coefficient (Wildman–Crippen LogP) is 2.79. The van der Waals surface area contributed by atoms with Gasteiger partial charge in [-0.3, -0.25) is 4.99 Å². The van der Waals surface area contributed by atoms with Crippen LogP contribution in [0.4, 0.5) is 0 Å². The van der Waals surface area contributed by atoms with Crippen LogP contribution in [0.25, 0.3) is 0 Å². The second-order valence-electron chi connectivity index (χ2n) is 4.44. The average molecular weight is 421 g/mol. The highest BCUT2D eigenvalue weighted by atomic mass is 127. The molecule has 0 aromatic heterocycles. The van der Waals surface area contributed by atoms with Crippen molar-refractivity contribution in [3.05, 3.63) is 29.8 Å². The van der Waals surface area contributed by atoms with E-state index >= 15 is 0 Å². The molecule has 1 rings (SSSR count). The first-order valence-corrected chi connectivity index (χ1v) is 7.54. The third-order valence-corrected chi connectivity index (χ3v) is 2.90. The van der Waals surface area contributed by atoms with Gasteiger partial charge >= 0.3 is 0 Å². The molecule has 0 aliphatic rings. The molecular formula is C16H28IN3O2. The van der Waals surface area contributed by atoms with E-state index in [4.69, 9.17) is 9.47 Å². The lowest BCUT2D eigenvalue weighted by molar-refractivity contribution is 0.145. The van der Waals surface area contributed by atoms with E-state index in [0.717, 1.165) is 43.5 Å². The van der Waals surface area contributed by atoms with Crippen molar-refractivity contribution in [1.29, 1.82) is 0 Å². The molecule has 1 aromatic carbocycles. The second kappa shape index (κ2) is 13.6. The summed E-state index contributed by atoms with van der Waals surface area (Å²) < 4.78 is 10.9. The van der Waals surface area contributed by atoms with E-state index in [1.54, 1.807) is 7.05 Å². The predicted molar refractivity (Wildman–Crippen MR) is 102 cm³/mol. The lowest BCUT2D eigenvalue weighted by atomic mass is 10.2. The number of ether oxygens (including phenoxy) is 2. The van der Waals surface area contributed by atoms with Crippen LogP contribution in [0.3, 0.4) is 0 Å². The van der Waals surface area contributed by atoms with Crippen LogP contribution in [0.2, 0.25) is 0 Å². The van der Waals surface area contributed by atoms with Crippen LogP contribution < -0.4 is 15.4 Å². The number of rotatable bonds is 9. The highest BCUT2D eigenvalue weighted by Crippen LogP contribution is 2.17. The van der Waals surface area contributed by atoms with E-state index in [0.29, 0.717) is 13.2 Å². The number of hydrogen-bond donors (Lipinski definition) is 2. The van der Waals surface area contributed by atoms with Gasteiger partial charge < -0.3 is 20.1 Å². The molecule has 0 spiro atoms. The van der Waals surface area contributed by atoms with Crippen LogP contribution in [-0.4, -0.2) is 39.4 Å². The summed E-state index contributed by atoms with van der Waals surface area (Å²) >= 11 is 0. The lowest BCUT2D eigenvalue weighted by Gasteiger charge is -2.14. The van der Waals surface area contributed by atoms with Crippen molar-refractivity contribution >= 4 is 29.9 Å². The molecule has 22 heavy (non-hydrogen) atoms. The molecule has 0 aliphatic heterocycles. The Bertz CT molecular complexity index is 428. The number of hydrogen-bond acceptors (Lipinski definition) is 3. The van der Waals surface area contributed by atoms with E-state index in [2.05, 4.69) is 21.7 Å². The maximum atomic E-state index is 5.61. The molecule has 0 fully saturated rings. The molecule has 1 aromatic rings. The summed E-state index contributed by atoms with van der Waals surface area (Å²) in [5.74, 6) is 1.71. The minimum Gasteiger partial charge on any atom is -0.494 e. The van der Waals surface area contributed by atoms with E-state index in [-0.39, 0.29) is 24.0 Å². The first-order chi connectivity index (χ1) is 10.3. The van der Waals surface area contributed by atoms with Gasteiger partial charge in [0.2, 0.25) is 0 Å². The maximum Gasteiger partial charge on any atom is 0.191 e. The zero-order valence-electron chi connectivity index (χ0n) is 13.7. The standard InChI is InChI=1S/C16H27N3O2.HI/c1-4-20-12-8-11-18-16(17-3)19-13-14-9-6-7-10-15(14)21-5-2;/h6-7,9-10H,4-5,8,11-13H2,1-3H3,(H2,17,18,19);1H. The largest absolute Gasteiger partial charge is 0.494 e. The number of nitrogens with zero attached hydrogens (tertiary/aromatic N) is 1. The fraction of sp³-hybridized carbons (Fsp3) is 0.562. The molecule has 0 unspecified atom stereocenters. The number of para-hydroxylation sites is 1. The monoisotopic (exact) mass is 421 g/mol. The third-order valence-electron chi connectivity index (χ3n) is 2.90. The Morgan fingerprint density at radius 2 is 1.91 bits per heavy atom. The van der Waals surface area contributed by atoms with Crippen LogP contribution in [-0.2, 0) is 11.3 Å². The number of halogens is 1. The van der Waals surface area contributed by atoms with E-state index in [1.165, 1.54) is 0 Å². The second-order valence-corrected chi connectivity index (χ2v) is 4.44. The van der Waals surface area contributed by atoms with E-state index in [1.807, 2.05) is 32.0 Å². The van der Waals surface area contributed by atoms with Crippen molar-refractivity contribution in [2.75, 3.05) is 33.4 Å². The van der Waals surface area contributed by atoms with Gasteiger partial charge in [0, 0.05) is 38.9 Å². The zero-order valence-corrected chi connectivity index (χ0v) is 16.1. The maximum absolute atomic E-state index is 5.61. The van der Waals surface area contributed by atoms with Crippen LogP contribution in [0.1, 0.15) is 25.8 Å². The van der Waals surface area contributed by atoms with Gasteiger partial charge in [-0.25, -0.2) is 0 Å². The first-order valence-electron chi connectivity index (χ1n) is 7.54. The molecule has 0 amide bonds. The molecule has 0 bridgehead atoms. The van der Waals surface area contributed by atoms with Crippen LogP contribution in [0.15, 0.2) is 29.3 Å². The molecule has 0 atom stereocenters. The Hall–Kier alpha value is -1.02. The van der Waals surface area contributed by atoms with Crippen LogP contribution >= 0.6 is 24.0 Å². The van der Waals surface area contributed by atoms with Gasteiger partial charge in [0.15, 0.2) is 5.96 Å². The van der Waals surface area contributed by atoms with Crippen molar-refractivity contribution in [3.63, 3.8) is 0 Å². The topological polar surface area (TPSA) is 54.9 Å². The highest BCUT2D eigenvalue weighted by molar-refractivity contribution is 14.0. The Morgan fingerprint density at radius 1 is 1.14 bits per heavy atom. The summed E-state index contributed by atoms with van der Waals surface area (Å²) in [5.41, 5.74) is 1.12.